The molecule has 1 atom stereocenters. The van der Waals surface area contributed by atoms with Crippen LogP contribution in [0.4, 0.5) is 11.9 Å². The molecule has 0 saturated carbocycles. The second kappa shape index (κ2) is 7.16. The second-order valence-corrected chi connectivity index (χ2v) is 4.53. The van der Waals surface area contributed by atoms with Gasteiger partial charge in [0.2, 0.25) is 11.9 Å². The smallest absolute Gasteiger partial charge is 0.322 e. The number of rotatable bonds is 7. The molecule has 0 saturated heterocycles. The molecule has 0 spiro atoms. The van der Waals surface area contributed by atoms with E-state index in [0.717, 1.165) is 12.2 Å². The first-order valence-electron chi connectivity index (χ1n) is 5.43. The average Bonchev–Trinajstić information content (AvgIpc) is 2.35. The fourth-order valence-corrected chi connectivity index (χ4v) is 1.80. The fourth-order valence-electron chi connectivity index (χ4n) is 1.21. The monoisotopic (exact) mass is 257 g/mol. The quantitative estimate of drug-likeness (QED) is 0.766. The highest BCUT2D eigenvalue weighted by atomic mass is 32.2. The summed E-state index contributed by atoms with van der Waals surface area (Å²) in [4.78, 5) is 12.4. The van der Waals surface area contributed by atoms with Gasteiger partial charge in [-0.25, -0.2) is 0 Å². The Bertz CT molecular complexity index is 327. The highest BCUT2D eigenvalue weighted by Gasteiger charge is 2.08. The van der Waals surface area contributed by atoms with Gasteiger partial charge in [0.15, 0.2) is 0 Å². The van der Waals surface area contributed by atoms with Crippen molar-refractivity contribution in [2.45, 2.75) is 19.4 Å². The Balaban J connectivity index is 2.68. The molecular formula is C10H19N5OS. The Labute approximate surface area is 106 Å². The minimum Gasteiger partial charge on any atom is -0.467 e. The SMILES string of the molecule is CNc1nc(NC(C)CCSC)nc(OC)n1. The van der Waals surface area contributed by atoms with Crippen molar-refractivity contribution in [3.63, 3.8) is 0 Å². The van der Waals surface area contributed by atoms with Crippen molar-refractivity contribution >= 4 is 23.7 Å². The van der Waals surface area contributed by atoms with Crippen molar-refractivity contribution in [2.24, 2.45) is 0 Å². The molecule has 0 amide bonds. The van der Waals surface area contributed by atoms with E-state index in [1.807, 2.05) is 11.8 Å². The molecule has 0 aliphatic rings. The van der Waals surface area contributed by atoms with Crippen LogP contribution in [0.15, 0.2) is 0 Å². The van der Waals surface area contributed by atoms with Gasteiger partial charge in [0.05, 0.1) is 7.11 Å². The predicted molar refractivity (Wildman–Crippen MR) is 72.0 cm³/mol. The van der Waals surface area contributed by atoms with E-state index in [4.69, 9.17) is 4.74 Å². The van der Waals surface area contributed by atoms with Gasteiger partial charge in [0.1, 0.15) is 0 Å². The normalized spacial score (nSPS) is 12.0. The van der Waals surface area contributed by atoms with Gasteiger partial charge in [-0.2, -0.15) is 26.7 Å². The van der Waals surface area contributed by atoms with E-state index < -0.39 is 0 Å². The summed E-state index contributed by atoms with van der Waals surface area (Å²) in [5.41, 5.74) is 0. The van der Waals surface area contributed by atoms with Crippen molar-refractivity contribution in [3.8, 4) is 6.01 Å². The number of thioether (sulfide) groups is 1. The highest BCUT2D eigenvalue weighted by Crippen LogP contribution is 2.12. The van der Waals surface area contributed by atoms with Gasteiger partial charge in [0, 0.05) is 13.1 Å². The number of methoxy groups -OCH3 is 1. The first-order chi connectivity index (χ1) is 8.19. The first-order valence-corrected chi connectivity index (χ1v) is 6.82. The molecule has 2 N–H and O–H groups in total. The van der Waals surface area contributed by atoms with Crippen molar-refractivity contribution in [2.75, 3.05) is 36.8 Å². The molecule has 6 nitrogen and oxygen atoms in total. The Morgan fingerprint density at radius 3 is 2.59 bits per heavy atom. The largest absolute Gasteiger partial charge is 0.467 e. The molecule has 1 unspecified atom stereocenters. The third-order valence-corrected chi connectivity index (χ3v) is 2.80. The lowest BCUT2D eigenvalue weighted by Gasteiger charge is -2.13. The number of ether oxygens (including phenoxy) is 1. The van der Waals surface area contributed by atoms with Crippen LogP contribution in [-0.4, -0.2) is 47.2 Å². The van der Waals surface area contributed by atoms with Crippen molar-refractivity contribution in [1.82, 2.24) is 15.0 Å². The third-order valence-electron chi connectivity index (χ3n) is 2.15. The number of hydrogen-bond donors (Lipinski definition) is 2. The van der Waals surface area contributed by atoms with E-state index >= 15 is 0 Å². The zero-order chi connectivity index (χ0) is 12.7. The van der Waals surface area contributed by atoms with Gasteiger partial charge >= 0.3 is 6.01 Å². The predicted octanol–water partition coefficient (Wildman–Crippen LogP) is 1.48. The minimum atomic E-state index is 0.309. The zero-order valence-electron chi connectivity index (χ0n) is 10.6. The maximum atomic E-state index is 5.01. The lowest BCUT2D eigenvalue weighted by Crippen LogP contribution is -2.18. The molecule has 7 heteroatoms. The molecule has 17 heavy (non-hydrogen) atoms. The van der Waals surface area contributed by atoms with E-state index in [-0.39, 0.29) is 0 Å². The molecule has 0 aliphatic heterocycles. The van der Waals surface area contributed by atoms with E-state index in [1.165, 1.54) is 7.11 Å². The molecule has 0 radical (unpaired) electrons. The highest BCUT2D eigenvalue weighted by molar-refractivity contribution is 7.98. The maximum absolute atomic E-state index is 5.01. The van der Waals surface area contributed by atoms with Crippen LogP contribution in [0, 0.1) is 0 Å². The van der Waals surface area contributed by atoms with Crippen molar-refractivity contribution in [1.29, 1.82) is 0 Å². The van der Waals surface area contributed by atoms with Gasteiger partial charge in [-0.15, -0.1) is 0 Å². The number of hydrogen-bond acceptors (Lipinski definition) is 7. The number of nitrogens with one attached hydrogen (secondary N) is 2. The number of aromatic nitrogens is 3. The molecule has 0 aromatic carbocycles. The van der Waals surface area contributed by atoms with Gasteiger partial charge in [-0.05, 0) is 25.4 Å². The summed E-state index contributed by atoms with van der Waals surface area (Å²) in [5, 5.41) is 6.10. The molecule has 0 bridgehead atoms. The molecule has 1 aromatic heterocycles. The van der Waals surface area contributed by atoms with Crippen LogP contribution in [0.2, 0.25) is 0 Å². The summed E-state index contributed by atoms with van der Waals surface area (Å²) in [7, 11) is 3.30. The van der Waals surface area contributed by atoms with Crippen molar-refractivity contribution < 1.29 is 4.74 Å². The van der Waals surface area contributed by atoms with E-state index in [9.17, 15) is 0 Å². The summed E-state index contributed by atoms with van der Waals surface area (Å²) >= 11 is 1.83. The molecule has 1 heterocycles. The van der Waals surface area contributed by atoms with Crippen LogP contribution in [0.1, 0.15) is 13.3 Å². The van der Waals surface area contributed by atoms with Crippen LogP contribution in [0.3, 0.4) is 0 Å². The molecule has 0 aliphatic carbocycles. The van der Waals surface area contributed by atoms with Crippen LogP contribution >= 0.6 is 11.8 Å². The molecule has 96 valence electrons. The first kappa shape index (κ1) is 13.8. The summed E-state index contributed by atoms with van der Waals surface area (Å²) in [6.07, 6.45) is 3.15. The van der Waals surface area contributed by atoms with Gasteiger partial charge in [-0.3, -0.25) is 0 Å². The van der Waals surface area contributed by atoms with Crippen LogP contribution in [-0.2, 0) is 0 Å². The molecule has 1 rings (SSSR count). The Morgan fingerprint density at radius 2 is 2.00 bits per heavy atom. The Morgan fingerprint density at radius 1 is 1.29 bits per heavy atom. The van der Waals surface area contributed by atoms with E-state index in [2.05, 4.69) is 38.8 Å². The molecular weight excluding hydrogens is 238 g/mol. The topological polar surface area (TPSA) is 72.0 Å². The van der Waals surface area contributed by atoms with Gasteiger partial charge in [0.25, 0.3) is 0 Å². The van der Waals surface area contributed by atoms with Crippen LogP contribution in [0.25, 0.3) is 0 Å². The zero-order valence-corrected chi connectivity index (χ0v) is 11.5. The second-order valence-electron chi connectivity index (χ2n) is 3.55. The summed E-state index contributed by atoms with van der Waals surface area (Å²) in [6.45, 7) is 2.10. The number of anilines is 2. The molecule has 1 aromatic rings. The molecule has 0 fully saturated rings. The Kier molecular flexibility index (Phi) is 5.82. The van der Waals surface area contributed by atoms with Gasteiger partial charge in [-0.1, -0.05) is 0 Å². The number of nitrogens with zero attached hydrogens (tertiary/aromatic N) is 3. The van der Waals surface area contributed by atoms with Crippen molar-refractivity contribution in [3.05, 3.63) is 0 Å². The van der Waals surface area contributed by atoms with Crippen LogP contribution < -0.4 is 15.4 Å². The third kappa shape index (κ3) is 4.64. The lowest BCUT2D eigenvalue weighted by atomic mass is 10.3. The lowest BCUT2D eigenvalue weighted by molar-refractivity contribution is 0.379. The van der Waals surface area contributed by atoms with Gasteiger partial charge < -0.3 is 15.4 Å². The van der Waals surface area contributed by atoms with E-state index in [1.54, 1.807) is 7.05 Å². The summed E-state index contributed by atoms with van der Waals surface area (Å²) in [6, 6.07) is 0.628. The summed E-state index contributed by atoms with van der Waals surface area (Å²) < 4.78 is 5.01. The maximum Gasteiger partial charge on any atom is 0.322 e. The fraction of sp³-hybridized carbons (Fsp3) is 0.700. The average molecular weight is 257 g/mol. The minimum absolute atomic E-state index is 0.309. The Hall–Kier alpha value is -1.24. The van der Waals surface area contributed by atoms with E-state index in [0.29, 0.717) is 23.9 Å². The summed E-state index contributed by atoms with van der Waals surface area (Å²) in [5.74, 6) is 2.14. The van der Waals surface area contributed by atoms with Crippen LogP contribution in [0.5, 0.6) is 6.01 Å². The standard InChI is InChI=1S/C10H19N5OS/c1-7(5-6-17-4)12-9-13-8(11-2)14-10(15-9)16-3/h7H,5-6H2,1-4H3,(H2,11,12,13,14,15).